The number of ether oxygens (including phenoxy) is 2. The number of nitrogen functional groups attached to an aromatic ring is 1. The molecule has 4 aromatic carbocycles. The average molecular weight is 974 g/mol. The van der Waals surface area contributed by atoms with Gasteiger partial charge in [0.05, 0.1) is 11.4 Å². The summed E-state index contributed by atoms with van der Waals surface area (Å²) in [7, 11) is 0. The molecule has 3 atom stereocenters. The van der Waals surface area contributed by atoms with Gasteiger partial charge in [0.2, 0.25) is 5.91 Å². The van der Waals surface area contributed by atoms with E-state index in [4.69, 9.17) is 20.2 Å². The van der Waals surface area contributed by atoms with Crippen LogP contribution >= 0.6 is 11.3 Å². The maximum absolute atomic E-state index is 13.6. The third kappa shape index (κ3) is 11.9. The van der Waals surface area contributed by atoms with E-state index in [2.05, 4.69) is 66.8 Å². The van der Waals surface area contributed by atoms with Crippen LogP contribution in [0.1, 0.15) is 68.1 Å². The van der Waals surface area contributed by atoms with E-state index in [1.54, 1.807) is 30.3 Å². The number of para-hydroxylation sites is 2. The first-order valence-corrected chi connectivity index (χ1v) is 25.9. The highest BCUT2D eigenvalue weighted by molar-refractivity contribution is 7.21. The Kier molecular flexibility index (Phi) is 14.9. The van der Waals surface area contributed by atoms with Crippen molar-refractivity contribution in [3.63, 3.8) is 0 Å². The lowest BCUT2D eigenvalue weighted by molar-refractivity contribution is -0.116. The number of fused-ring (bicyclic) bond motifs is 4. The van der Waals surface area contributed by atoms with Crippen LogP contribution in [0.15, 0.2) is 116 Å². The Morgan fingerprint density at radius 3 is 2.35 bits per heavy atom. The summed E-state index contributed by atoms with van der Waals surface area (Å²) in [5, 5.41) is 13.6. The number of benzene rings is 4. The van der Waals surface area contributed by atoms with E-state index in [0.29, 0.717) is 58.5 Å². The molecule has 0 saturated carbocycles. The third-order valence-corrected chi connectivity index (χ3v) is 15.4. The molecule has 3 amide bonds. The van der Waals surface area contributed by atoms with Gasteiger partial charge in [-0.2, -0.15) is 0 Å². The van der Waals surface area contributed by atoms with Crippen molar-refractivity contribution in [2.45, 2.75) is 69.6 Å². The Bertz CT molecular complexity index is 2850. The number of piperazine rings is 2. The quantitative estimate of drug-likeness (QED) is 0.0539. The highest BCUT2D eigenvalue weighted by Gasteiger charge is 2.33. The molecule has 5 heterocycles. The van der Waals surface area contributed by atoms with Crippen molar-refractivity contribution in [1.29, 1.82) is 0 Å². The van der Waals surface area contributed by atoms with E-state index in [1.807, 2.05) is 48.5 Å². The molecule has 3 fully saturated rings. The maximum Gasteiger partial charge on any atom is 0.263 e. The molecule has 0 radical (unpaired) electrons. The van der Waals surface area contributed by atoms with Gasteiger partial charge in [-0.1, -0.05) is 36.9 Å². The van der Waals surface area contributed by atoms with Crippen LogP contribution in [0, 0.1) is 0 Å². The van der Waals surface area contributed by atoms with Crippen LogP contribution in [0.3, 0.4) is 0 Å². The number of amides is 3. The van der Waals surface area contributed by atoms with Crippen molar-refractivity contribution in [1.82, 2.24) is 30.7 Å². The number of aryl methyl sites for hydroxylation is 2. The van der Waals surface area contributed by atoms with Crippen LogP contribution in [-0.2, 0) is 30.6 Å². The molecule has 2 aromatic heterocycles. The van der Waals surface area contributed by atoms with Crippen molar-refractivity contribution in [3.8, 4) is 17.2 Å². The number of nitrogens with zero attached hydrogens (tertiary/aromatic N) is 4. The Balaban J connectivity index is 0.622. The topological polar surface area (TPSA) is 166 Å². The first-order valence-electron chi connectivity index (χ1n) is 25.1. The summed E-state index contributed by atoms with van der Waals surface area (Å²) in [6.07, 6.45) is 8.37. The van der Waals surface area contributed by atoms with Gasteiger partial charge in [-0.25, -0.2) is 4.98 Å². The molecule has 6 aromatic rings. The third-order valence-electron chi connectivity index (χ3n) is 14.3. The van der Waals surface area contributed by atoms with Crippen LogP contribution in [0.25, 0.3) is 10.2 Å². The predicted molar refractivity (Wildman–Crippen MR) is 282 cm³/mol. The number of carbonyl (C=O) groups is 3. The number of anilines is 3. The van der Waals surface area contributed by atoms with E-state index in [0.717, 1.165) is 112 Å². The number of carbonyl (C=O) groups excluding carboxylic acids is 3. The SMILES string of the molecule is C=CC(=O)NCc1ccc(C(=O)Nc2ccccc2Oc2ccc(OCCN3CCN(CCCc4ccc5c(N)c(C(=O)N[C@H]6CCc7cc(N8C[C@H]9CC[C@@H](C8)N9)ccc7C6)sc5n4)CC3)cc2)cc1. The van der Waals surface area contributed by atoms with Crippen molar-refractivity contribution >= 4 is 56.3 Å². The zero-order valence-corrected chi connectivity index (χ0v) is 41.0. The normalized spacial score (nSPS) is 18.9. The van der Waals surface area contributed by atoms with Crippen molar-refractivity contribution in [2.24, 2.45) is 0 Å². The summed E-state index contributed by atoms with van der Waals surface area (Å²) in [4.78, 5) is 52.0. The van der Waals surface area contributed by atoms with Crippen LogP contribution < -0.4 is 41.4 Å². The molecule has 15 heteroatoms. The molecule has 6 N–H and O–H groups in total. The lowest BCUT2D eigenvalue weighted by Crippen LogP contribution is -2.51. The van der Waals surface area contributed by atoms with Gasteiger partial charge in [0.15, 0.2) is 5.75 Å². The van der Waals surface area contributed by atoms with Gasteiger partial charge < -0.3 is 46.3 Å². The van der Waals surface area contributed by atoms with E-state index in [-0.39, 0.29) is 23.8 Å². The van der Waals surface area contributed by atoms with Crippen molar-refractivity contribution in [2.75, 3.05) is 74.9 Å². The first kappa shape index (κ1) is 47.9. The summed E-state index contributed by atoms with van der Waals surface area (Å²) in [6.45, 7) is 12.4. The average Bonchev–Trinajstić information content (AvgIpc) is 3.92. The van der Waals surface area contributed by atoms with E-state index in [9.17, 15) is 14.4 Å². The molecule has 71 heavy (non-hydrogen) atoms. The fourth-order valence-corrected chi connectivity index (χ4v) is 11.3. The number of nitrogens with two attached hydrogens (primary N) is 1. The summed E-state index contributed by atoms with van der Waals surface area (Å²) in [6, 6.07) is 34.2. The Hall–Kier alpha value is -6.78. The fourth-order valence-electron chi connectivity index (χ4n) is 10.3. The smallest absolute Gasteiger partial charge is 0.263 e. The zero-order chi connectivity index (χ0) is 48.7. The largest absolute Gasteiger partial charge is 0.492 e. The molecule has 2 bridgehead atoms. The van der Waals surface area contributed by atoms with Crippen LogP contribution in [-0.4, -0.2) is 110 Å². The second kappa shape index (κ2) is 22.1. The second-order valence-corrected chi connectivity index (χ2v) is 20.2. The number of pyridine rings is 1. The Labute approximate surface area is 419 Å². The number of hydrogen-bond acceptors (Lipinski definition) is 12. The molecule has 14 nitrogen and oxygen atoms in total. The van der Waals surface area contributed by atoms with E-state index < -0.39 is 0 Å². The minimum Gasteiger partial charge on any atom is -0.492 e. The van der Waals surface area contributed by atoms with Crippen molar-refractivity contribution < 1.29 is 23.9 Å². The Morgan fingerprint density at radius 2 is 1.58 bits per heavy atom. The minimum absolute atomic E-state index is 0.0800. The molecule has 3 saturated heterocycles. The monoisotopic (exact) mass is 973 g/mol. The number of nitrogens with one attached hydrogen (secondary N) is 4. The standard InChI is InChI=1S/C56H63N9O5S/c1-2-51(66)58-34-37-9-11-38(12-10-37)54(67)62-49-7-3-4-8-50(49)70-47-22-20-46(21-23-47)69-31-30-64-28-26-63(27-29-64)25-5-6-41-18-24-48-52(57)53(71-56(48)61-41)55(68)60-42-15-13-40-33-45(19-14-39(40)32-42)65-35-43-16-17-44(36-65)59-43/h2-4,7-12,14,18-24,33,42-44,59H,1,5-6,13,15-17,25-32,34-36,57H2,(H,58,66)(H,60,68)(H,62,67)/t42-,43-,44+/m0/s1. The van der Waals surface area contributed by atoms with Gasteiger partial charge in [-0.3, -0.25) is 19.3 Å². The predicted octanol–water partition coefficient (Wildman–Crippen LogP) is 7.58. The molecule has 3 aliphatic heterocycles. The molecular weight excluding hydrogens is 911 g/mol. The fraction of sp³-hybridized carbons (Fsp3) is 0.357. The van der Waals surface area contributed by atoms with Crippen LogP contribution in [0.2, 0.25) is 0 Å². The van der Waals surface area contributed by atoms with E-state index >= 15 is 0 Å². The zero-order valence-electron chi connectivity index (χ0n) is 40.2. The number of rotatable bonds is 18. The van der Waals surface area contributed by atoms with Crippen LogP contribution in [0.4, 0.5) is 17.1 Å². The minimum atomic E-state index is -0.272. The van der Waals surface area contributed by atoms with Gasteiger partial charge in [-0.05, 0) is 147 Å². The van der Waals surface area contributed by atoms with Crippen molar-refractivity contribution in [3.05, 3.63) is 149 Å². The van der Waals surface area contributed by atoms with Gasteiger partial charge >= 0.3 is 0 Å². The summed E-state index contributed by atoms with van der Waals surface area (Å²) >= 11 is 1.40. The molecular formula is C56H63N9O5S. The molecule has 0 unspecified atom stereocenters. The molecule has 10 rings (SSSR count). The van der Waals surface area contributed by atoms with E-state index in [1.165, 1.54) is 47.1 Å². The molecule has 0 spiro atoms. The maximum atomic E-state index is 13.6. The molecule has 368 valence electrons. The van der Waals surface area contributed by atoms with Gasteiger partial charge in [0.25, 0.3) is 11.8 Å². The molecule has 4 aliphatic rings. The highest BCUT2D eigenvalue weighted by atomic mass is 32.1. The van der Waals surface area contributed by atoms with Gasteiger partial charge in [-0.15, -0.1) is 11.3 Å². The van der Waals surface area contributed by atoms with Gasteiger partial charge in [0, 0.05) is 92.8 Å². The highest BCUT2D eigenvalue weighted by Crippen LogP contribution is 2.35. The summed E-state index contributed by atoms with van der Waals surface area (Å²) < 4.78 is 12.3. The van der Waals surface area contributed by atoms with Gasteiger partial charge in [0.1, 0.15) is 27.8 Å². The number of aromatic nitrogens is 1. The summed E-state index contributed by atoms with van der Waals surface area (Å²) in [5.74, 6) is 1.28. The molecule has 1 aliphatic carbocycles. The van der Waals surface area contributed by atoms with Crippen LogP contribution in [0.5, 0.6) is 17.2 Å². The summed E-state index contributed by atoms with van der Waals surface area (Å²) in [5.41, 5.74) is 14.1. The number of hydrogen-bond donors (Lipinski definition) is 5. The second-order valence-electron chi connectivity index (χ2n) is 19.2. The lowest BCUT2D eigenvalue weighted by atomic mass is 9.87. The lowest BCUT2D eigenvalue weighted by Gasteiger charge is -2.35. The first-order chi connectivity index (χ1) is 34.7. The number of thiophene rings is 1. The Morgan fingerprint density at radius 1 is 0.831 bits per heavy atom.